The number of hydrogen-bond acceptors (Lipinski definition) is 4. The Morgan fingerprint density at radius 3 is 2.18 bits per heavy atom. The van der Waals surface area contributed by atoms with Crippen molar-refractivity contribution in [3.63, 3.8) is 0 Å². The summed E-state index contributed by atoms with van der Waals surface area (Å²) in [5.41, 5.74) is 4.70. The highest BCUT2D eigenvalue weighted by Gasteiger charge is 2.06. The summed E-state index contributed by atoms with van der Waals surface area (Å²) in [7, 11) is 3.22. The molecule has 3 aromatic carbocycles. The summed E-state index contributed by atoms with van der Waals surface area (Å²) in [5, 5.41) is 6.24. The zero-order valence-electron chi connectivity index (χ0n) is 16.3. The van der Waals surface area contributed by atoms with Crippen molar-refractivity contribution in [3.8, 4) is 11.5 Å². The molecule has 1 amide bonds. The molecule has 144 valence electrons. The predicted octanol–water partition coefficient (Wildman–Crippen LogP) is 4.94. The summed E-state index contributed by atoms with van der Waals surface area (Å²) < 4.78 is 10.6. The second-order valence-electron chi connectivity index (χ2n) is 6.49. The van der Waals surface area contributed by atoms with Crippen LogP contribution in [0.1, 0.15) is 11.1 Å². The van der Waals surface area contributed by atoms with Crippen molar-refractivity contribution in [1.82, 2.24) is 0 Å². The van der Waals surface area contributed by atoms with E-state index in [4.69, 9.17) is 9.47 Å². The molecule has 0 saturated carbocycles. The van der Waals surface area contributed by atoms with Crippen molar-refractivity contribution < 1.29 is 14.3 Å². The number of hydrogen-bond donors (Lipinski definition) is 2. The van der Waals surface area contributed by atoms with Crippen LogP contribution >= 0.6 is 0 Å². The van der Waals surface area contributed by atoms with Gasteiger partial charge in [0.2, 0.25) is 5.91 Å². The molecule has 0 bridgehead atoms. The maximum Gasteiger partial charge on any atom is 0.228 e. The number of carbonyl (C=O) groups is 1. The van der Waals surface area contributed by atoms with E-state index in [0.717, 1.165) is 28.2 Å². The first-order chi connectivity index (χ1) is 13.6. The van der Waals surface area contributed by atoms with Gasteiger partial charge >= 0.3 is 0 Å². The van der Waals surface area contributed by atoms with Gasteiger partial charge < -0.3 is 20.1 Å². The third kappa shape index (κ3) is 5.04. The molecule has 0 radical (unpaired) electrons. The molecule has 0 aliphatic rings. The molecule has 5 heteroatoms. The molecule has 0 atom stereocenters. The first-order valence-electron chi connectivity index (χ1n) is 9.02. The second kappa shape index (κ2) is 8.95. The van der Waals surface area contributed by atoms with E-state index in [9.17, 15) is 4.79 Å². The van der Waals surface area contributed by atoms with Crippen LogP contribution in [-0.2, 0) is 11.2 Å². The summed E-state index contributed by atoms with van der Waals surface area (Å²) in [6.07, 6.45) is 0.354. The minimum absolute atomic E-state index is 0.0359. The van der Waals surface area contributed by atoms with Crippen LogP contribution < -0.4 is 20.1 Å². The quantitative estimate of drug-likeness (QED) is 0.613. The number of amides is 1. The van der Waals surface area contributed by atoms with Gasteiger partial charge in [-0.25, -0.2) is 0 Å². The fraction of sp³-hybridized carbons (Fsp3) is 0.174. The summed E-state index contributed by atoms with van der Waals surface area (Å²) in [6.45, 7) is 2.02. The van der Waals surface area contributed by atoms with Gasteiger partial charge in [-0.2, -0.15) is 0 Å². The van der Waals surface area contributed by atoms with Gasteiger partial charge in [-0.15, -0.1) is 0 Å². The monoisotopic (exact) mass is 376 g/mol. The largest absolute Gasteiger partial charge is 0.493 e. The lowest BCUT2D eigenvalue weighted by Crippen LogP contribution is -2.14. The molecular weight excluding hydrogens is 352 g/mol. The molecule has 3 aromatic rings. The van der Waals surface area contributed by atoms with Crippen molar-refractivity contribution in [2.24, 2.45) is 0 Å². The lowest BCUT2D eigenvalue weighted by atomic mass is 10.1. The lowest BCUT2D eigenvalue weighted by molar-refractivity contribution is -0.115. The van der Waals surface area contributed by atoms with Crippen LogP contribution in [0.15, 0.2) is 66.7 Å². The number of methoxy groups -OCH3 is 2. The molecule has 0 saturated heterocycles. The Labute approximate surface area is 165 Å². The maximum absolute atomic E-state index is 12.2. The Kier molecular flexibility index (Phi) is 6.17. The Morgan fingerprint density at radius 1 is 0.821 bits per heavy atom. The number of aryl methyl sites for hydroxylation is 1. The van der Waals surface area contributed by atoms with Crippen molar-refractivity contribution >= 4 is 23.0 Å². The first-order valence-corrected chi connectivity index (χ1v) is 9.02. The van der Waals surface area contributed by atoms with E-state index in [1.54, 1.807) is 14.2 Å². The highest BCUT2D eigenvalue weighted by atomic mass is 16.5. The zero-order valence-corrected chi connectivity index (χ0v) is 16.3. The van der Waals surface area contributed by atoms with Crippen LogP contribution in [-0.4, -0.2) is 20.1 Å². The van der Waals surface area contributed by atoms with E-state index in [1.165, 1.54) is 0 Å². The van der Waals surface area contributed by atoms with Crippen LogP contribution in [0, 0.1) is 6.92 Å². The second-order valence-corrected chi connectivity index (χ2v) is 6.49. The van der Waals surface area contributed by atoms with Crippen LogP contribution in [0.25, 0.3) is 0 Å². The van der Waals surface area contributed by atoms with Gasteiger partial charge in [0.1, 0.15) is 0 Å². The molecule has 0 aromatic heterocycles. The highest BCUT2D eigenvalue weighted by Crippen LogP contribution is 2.31. The van der Waals surface area contributed by atoms with Gasteiger partial charge in [0, 0.05) is 23.1 Å². The van der Waals surface area contributed by atoms with Gasteiger partial charge in [0.15, 0.2) is 11.5 Å². The fourth-order valence-electron chi connectivity index (χ4n) is 2.93. The average molecular weight is 376 g/mol. The predicted molar refractivity (Wildman–Crippen MR) is 113 cm³/mol. The number of ether oxygens (including phenoxy) is 2. The van der Waals surface area contributed by atoms with Crippen molar-refractivity contribution in [1.29, 1.82) is 0 Å². The van der Waals surface area contributed by atoms with Crippen LogP contribution in [0.4, 0.5) is 17.1 Å². The Hall–Kier alpha value is -3.47. The minimum Gasteiger partial charge on any atom is -0.493 e. The third-order valence-corrected chi connectivity index (χ3v) is 4.29. The summed E-state index contributed by atoms with van der Waals surface area (Å²) >= 11 is 0. The number of nitrogens with one attached hydrogen (secondary N) is 2. The normalized spacial score (nSPS) is 10.2. The maximum atomic E-state index is 12.2. The molecule has 0 heterocycles. The van der Waals surface area contributed by atoms with Crippen molar-refractivity contribution in [2.75, 3.05) is 24.9 Å². The van der Waals surface area contributed by atoms with E-state index < -0.39 is 0 Å². The summed E-state index contributed by atoms with van der Waals surface area (Å²) in [6, 6.07) is 21.2. The van der Waals surface area contributed by atoms with Gasteiger partial charge in [0.25, 0.3) is 0 Å². The first kappa shape index (κ1) is 19.3. The summed E-state index contributed by atoms with van der Waals surface area (Å²) in [4.78, 5) is 12.2. The molecule has 3 rings (SSSR count). The Balaban J connectivity index is 1.61. The average Bonchev–Trinajstić information content (AvgIpc) is 2.69. The molecule has 28 heavy (non-hydrogen) atoms. The minimum atomic E-state index is -0.0359. The molecule has 0 aliphatic heterocycles. The van der Waals surface area contributed by atoms with E-state index in [2.05, 4.69) is 10.6 Å². The lowest BCUT2D eigenvalue weighted by Gasteiger charge is -2.12. The van der Waals surface area contributed by atoms with Crippen molar-refractivity contribution in [3.05, 3.63) is 77.9 Å². The zero-order chi connectivity index (χ0) is 19.9. The van der Waals surface area contributed by atoms with E-state index in [0.29, 0.717) is 17.9 Å². The van der Waals surface area contributed by atoms with Crippen molar-refractivity contribution in [2.45, 2.75) is 13.3 Å². The van der Waals surface area contributed by atoms with Gasteiger partial charge in [0.05, 0.1) is 20.6 Å². The molecule has 0 aliphatic carbocycles. The van der Waals surface area contributed by atoms with E-state index >= 15 is 0 Å². The fourth-order valence-corrected chi connectivity index (χ4v) is 2.93. The number of benzene rings is 3. The third-order valence-electron chi connectivity index (χ3n) is 4.29. The summed E-state index contributed by atoms with van der Waals surface area (Å²) in [5.74, 6) is 1.30. The number of carbonyl (C=O) groups excluding carboxylic acids is 1. The topological polar surface area (TPSA) is 59.6 Å². The van der Waals surface area contributed by atoms with E-state index in [1.807, 2.05) is 73.7 Å². The highest BCUT2D eigenvalue weighted by molar-refractivity contribution is 5.92. The molecular formula is C23H24N2O3. The smallest absolute Gasteiger partial charge is 0.228 e. The molecule has 0 fully saturated rings. The van der Waals surface area contributed by atoms with E-state index in [-0.39, 0.29) is 5.91 Å². The molecule has 0 spiro atoms. The van der Waals surface area contributed by atoms with Gasteiger partial charge in [-0.3, -0.25) is 4.79 Å². The molecule has 5 nitrogen and oxygen atoms in total. The van der Waals surface area contributed by atoms with Crippen LogP contribution in [0.3, 0.4) is 0 Å². The van der Waals surface area contributed by atoms with Gasteiger partial charge in [-0.05, 0) is 48.9 Å². The SMILES string of the molecule is COc1ccc(Nc2ccc(NC(=O)Cc3cccc(C)c3)cc2)cc1OC. The van der Waals surface area contributed by atoms with Crippen LogP contribution in [0.2, 0.25) is 0 Å². The van der Waals surface area contributed by atoms with Gasteiger partial charge in [-0.1, -0.05) is 29.8 Å². The number of rotatable bonds is 7. The standard InChI is InChI=1S/C23H24N2O3/c1-16-5-4-6-17(13-16)14-23(26)25-19-9-7-18(8-10-19)24-20-11-12-21(27-2)22(15-20)28-3/h4-13,15,24H,14H2,1-3H3,(H,25,26). The molecule has 2 N–H and O–H groups in total. The Bertz CT molecular complexity index is 952. The van der Waals surface area contributed by atoms with Crippen LogP contribution in [0.5, 0.6) is 11.5 Å². The molecule has 0 unspecified atom stereocenters. The number of anilines is 3. The Morgan fingerprint density at radius 2 is 1.50 bits per heavy atom.